The number of rotatable bonds is 8. The van der Waals surface area contributed by atoms with Gasteiger partial charge in [0.1, 0.15) is 11.5 Å². The normalized spacial score (nSPS) is 12.9. The number of ketones is 1. The number of aromatic nitrogens is 1. The zero-order valence-corrected chi connectivity index (χ0v) is 35.3. The molecule has 0 saturated carbocycles. The molecule has 1 aromatic heterocycles. The fraction of sp³-hybridized carbons (Fsp3) is 0.125. The number of nitrogens with zero attached hydrogens (tertiary/aromatic N) is 2. The van der Waals surface area contributed by atoms with Crippen LogP contribution in [0.1, 0.15) is 52.0 Å². The van der Waals surface area contributed by atoms with E-state index in [4.69, 9.17) is 9.47 Å². The highest BCUT2D eigenvalue weighted by Gasteiger charge is 2.36. The van der Waals surface area contributed by atoms with Crippen molar-refractivity contribution in [2.75, 3.05) is 19.1 Å². The van der Waals surface area contributed by atoms with Gasteiger partial charge in [-0.2, -0.15) is 0 Å². The Labute approximate surface area is 357 Å². The minimum atomic E-state index is -0.138. The van der Waals surface area contributed by atoms with Crippen molar-refractivity contribution >= 4 is 44.7 Å². The smallest absolute Gasteiger partial charge is 0.193 e. The van der Waals surface area contributed by atoms with Crippen molar-refractivity contribution in [1.82, 2.24) is 4.57 Å². The topological polar surface area (TPSA) is 43.7 Å². The second-order valence-electron chi connectivity index (χ2n) is 16.6. The molecule has 61 heavy (non-hydrogen) atoms. The van der Waals surface area contributed by atoms with Crippen molar-refractivity contribution in [2.45, 2.75) is 33.1 Å². The Kier molecular flexibility index (Phi) is 9.14. The zero-order valence-electron chi connectivity index (χ0n) is 35.3. The summed E-state index contributed by atoms with van der Waals surface area (Å²) in [5, 5.41) is 2.32. The Morgan fingerprint density at radius 1 is 0.492 bits per heavy atom. The summed E-state index contributed by atoms with van der Waals surface area (Å²) in [6, 6.07) is 59.2. The minimum Gasteiger partial charge on any atom is -0.497 e. The van der Waals surface area contributed by atoms with Gasteiger partial charge < -0.3 is 18.9 Å². The summed E-state index contributed by atoms with van der Waals surface area (Å²) in [7, 11) is 3.40. The number of carbonyl (C=O) groups is 1. The molecule has 10 rings (SSSR count). The molecule has 8 aromatic carbocycles. The molecular weight excluding hydrogens is 749 g/mol. The van der Waals surface area contributed by atoms with Crippen molar-refractivity contribution in [3.63, 3.8) is 0 Å². The maximum absolute atomic E-state index is 14.2. The SMILES string of the molecule is COc1ccc(-c2ccc3c4ccc(-c5ccc(OC)cc5C)cc4n(-c4ccc(C(=O)c5ccc(N6c7ccccc7C(C)(C)c7ccccc76)cc5)cc4)c3c2)c(C)c1. The quantitative estimate of drug-likeness (QED) is 0.144. The zero-order chi connectivity index (χ0) is 42.0. The van der Waals surface area contributed by atoms with Crippen LogP contribution in [-0.2, 0) is 5.41 Å². The summed E-state index contributed by atoms with van der Waals surface area (Å²) in [5.41, 5.74) is 17.0. The van der Waals surface area contributed by atoms with Gasteiger partial charge in [-0.3, -0.25) is 4.79 Å². The highest BCUT2D eigenvalue weighted by Crippen LogP contribution is 2.51. The maximum atomic E-state index is 14.2. The van der Waals surface area contributed by atoms with Crippen molar-refractivity contribution in [3.8, 4) is 39.4 Å². The average molecular weight is 795 g/mol. The highest BCUT2D eigenvalue weighted by atomic mass is 16.5. The first kappa shape index (κ1) is 37.9. The van der Waals surface area contributed by atoms with E-state index in [9.17, 15) is 4.79 Å². The third-order valence-electron chi connectivity index (χ3n) is 12.7. The summed E-state index contributed by atoms with van der Waals surface area (Å²) in [4.78, 5) is 16.5. The van der Waals surface area contributed by atoms with Crippen LogP contribution in [0.25, 0.3) is 49.7 Å². The molecule has 1 aliphatic rings. The number of aryl methyl sites for hydroxylation is 2. The van der Waals surface area contributed by atoms with Crippen molar-refractivity contribution in [2.24, 2.45) is 0 Å². The summed E-state index contributed by atoms with van der Waals surface area (Å²) < 4.78 is 13.4. The molecule has 0 radical (unpaired) electrons. The van der Waals surface area contributed by atoms with Crippen LogP contribution in [0.5, 0.6) is 11.5 Å². The van der Waals surface area contributed by atoms with E-state index in [0.717, 1.165) is 89.4 Å². The molecule has 0 aliphatic carbocycles. The monoisotopic (exact) mass is 794 g/mol. The molecule has 0 N–H and O–H groups in total. The van der Waals surface area contributed by atoms with Gasteiger partial charge in [-0.1, -0.05) is 86.6 Å². The molecule has 2 heterocycles. The number of benzene rings is 8. The lowest BCUT2D eigenvalue weighted by atomic mass is 9.73. The van der Waals surface area contributed by atoms with E-state index in [1.165, 1.54) is 11.1 Å². The Bertz CT molecular complexity index is 3010. The van der Waals surface area contributed by atoms with E-state index < -0.39 is 0 Å². The van der Waals surface area contributed by atoms with Gasteiger partial charge in [0.2, 0.25) is 0 Å². The summed E-state index contributed by atoms with van der Waals surface area (Å²) in [6.45, 7) is 8.82. The fourth-order valence-corrected chi connectivity index (χ4v) is 9.44. The van der Waals surface area contributed by atoms with Gasteiger partial charge in [0.15, 0.2) is 5.78 Å². The number of fused-ring (bicyclic) bond motifs is 5. The third-order valence-corrected chi connectivity index (χ3v) is 12.7. The van der Waals surface area contributed by atoms with Crippen molar-refractivity contribution in [3.05, 3.63) is 203 Å². The predicted octanol–water partition coefficient (Wildman–Crippen LogP) is 14.1. The Balaban J connectivity index is 1.04. The Morgan fingerprint density at radius 3 is 1.38 bits per heavy atom. The first-order valence-electron chi connectivity index (χ1n) is 20.8. The first-order chi connectivity index (χ1) is 29.6. The van der Waals surface area contributed by atoms with Crippen LogP contribution < -0.4 is 14.4 Å². The second-order valence-corrected chi connectivity index (χ2v) is 16.6. The Hall–Kier alpha value is -7.37. The molecule has 0 amide bonds. The lowest BCUT2D eigenvalue weighted by Gasteiger charge is -2.42. The molecule has 0 unspecified atom stereocenters. The molecule has 5 heteroatoms. The molecule has 0 fully saturated rings. The average Bonchev–Trinajstić information content (AvgIpc) is 3.62. The molecule has 0 saturated heterocycles. The molecule has 0 spiro atoms. The minimum absolute atomic E-state index is 0.0181. The van der Waals surface area contributed by atoms with Gasteiger partial charge in [-0.15, -0.1) is 0 Å². The summed E-state index contributed by atoms with van der Waals surface area (Å²) in [6.07, 6.45) is 0. The van der Waals surface area contributed by atoms with E-state index in [-0.39, 0.29) is 11.2 Å². The van der Waals surface area contributed by atoms with E-state index in [1.807, 2.05) is 36.4 Å². The van der Waals surface area contributed by atoms with Gasteiger partial charge in [-0.25, -0.2) is 0 Å². The number of ether oxygens (including phenoxy) is 2. The fourth-order valence-electron chi connectivity index (χ4n) is 9.44. The van der Waals surface area contributed by atoms with E-state index >= 15 is 0 Å². The van der Waals surface area contributed by atoms with E-state index in [1.54, 1.807) is 14.2 Å². The number of hydrogen-bond donors (Lipinski definition) is 0. The molecule has 0 bridgehead atoms. The Morgan fingerprint density at radius 2 is 0.934 bits per heavy atom. The van der Waals surface area contributed by atoms with Crippen LogP contribution in [0.3, 0.4) is 0 Å². The van der Waals surface area contributed by atoms with Gasteiger partial charge in [0.25, 0.3) is 0 Å². The number of anilines is 3. The predicted molar refractivity (Wildman–Crippen MR) is 251 cm³/mol. The summed E-state index contributed by atoms with van der Waals surface area (Å²) >= 11 is 0. The van der Waals surface area contributed by atoms with Crippen LogP contribution in [0.2, 0.25) is 0 Å². The lowest BCUT2D eigenvalue weighted by Crippen LogP contribution is -2.30. The molecular formula is C56H46N2O3. The number of carbonyl (C=O) groups excluding carboxylic acids is 1. The molecule has 298 valence electrons. The number of methoxy groups -OCH3 is 2. The number of para-hydroxylation sites is 2. The van der Waals surface area contributed by atoms with Crippen LogP contribution in [0, 0.1) is 13.8 Å². The van der Waals surface area contributed by atoms with Crippen molar-refractivity contribution < 1.29 is 14.3 Å². The third kappa shape index (κ3) is 6.27. The van der Waals surface area contributed by atoms with Crippen LogP contribution >= 0.6 is 0 Å². The standard InChI is InChI=1S/C56H46N2O3/c1-35-31-43(60-5)25-29-45(35)39-19-27-47-48-28-20-40(46-30-26-44(61-6)32-36(46)2)34-54(48)58(53(47)33-39)42-23-17-38(18-24-42)55(59)37-15-21-41(22-16-37)57-51-13-9-7-11-49(51)56(3,4)50-12-8-10-14-52(50)57/h7-34H,1-6H3. The molecule has 0 atom stereocenters. The molecule has 9 aromatic rings. The van der Waals surface area contributed by atoms with Crippen LogP contribution in [0.15, 0.2) is 170 Å². The second kappa shape index (κ2) is 14.7. The van der Waals surface area contributed by atoms with Gasteiger partial charge in [-0.05, 0) is 155 Å². The highest BCUT2D eigenvalue weighted by molar-refractivity contribution is 6.12. The van der Waals surface area contributed by atoms with E-state index in [0.29, 0.717) is 11.1 Å². The van der Waals surface area contributed by atoms with Gasteiger partial charge >= 0.3 is 0 Å². The molecule has 5 nitrogen and oxygen atoms in total. The lowest BCUT2D eigenvalue weighted by molar-refractivity contribution is 0.103. The maximum Gasteiger partial charge on any atom is 0.193 e. The van der Waals surface area contributed by atoms with Crippen LogP contribution in [-0.4, -0.2) is 24.6 Å². The van der Waals surface area contributed by atoms with Gasteiger partial charge in [0, 0.05) is 38.7 Å². The summed E-state index contributed by atoms with van der Waals surface area (Å²) in [5.74, 6) is 1.66. The first-order valence-corrected chi connectivity index (χ1v) is 20.8. The van der Waals surface area contributed by atoms with Crippen LogP contribution in [0.4, 0.5) is 17.1 Å². The largest absolute Gasteiger partial charge is 0.497 e. The van der Waals surface area contributed by atoms with Gasteiger partial charge in [0.05, 0.1) is 36.6 Å². The van der Waals surface area contributed by atoms with E-state index in [2.05, 4.69) is 171 Å². The number of hydrogen-bond acceptors (Lipinski definition) is 4. The van der Waals surface area contributed by atoms with Crippen molar-refractivity contribution in [1.29, 1.82) is 0 Å². The molecule has 1 aliphatic heterocycles.